The van der Waals surface area contributed by atoms with E-state index in [1.54, 1.807) is 6.07 Å². The minimum absolute atomic E-state index is 0.196. The van der Waals surface area contributed by atoms with Crippen molar-refractivity contribution >= 4 is 15.9 Å². The molecule has 1 N–H and O–H groups in total. The summed E-state index contributed by atoms with van der Waals surface area (Å²) in [5, 5.41) is 9.42. The predicted octanol–water partition coefficient (Wildman–Crippen LogP) is 2.47. The number of hydrogen-bond donors (Lipinski definition) is 1. The molecule has 0 atom stereocenters. The molecule has 0 aliphatic heterocycles. The summed E-state index contributed by atoms with van der Waals surface area (Å²) >= 11 is 3.29. The van der Waals surface area contributed by atoms with Gasteiger partial charge in [0.2, 0.25) is 0 Å². The van der Waals surface area contributed by atoms with Crippen molar-refractivity contribution in [3.63, 3.8) is 0 Å². The van der Waals surface area contributed by atoms with Gasteiger partial charge < -0.3 is 9.84 Å². The quantitative estimate of drug-likeness (QED) is 0.782. The van der Waals surface area contributed by atoms with Gasteiger partial charge in [-0.3, -0.25) is 0 Å². The molecule has 3 heteroatoms. The van der Waals surface area contributed by atoms with E-state index in [0.717, 1.165) is 10.0 Å². The van der Waals surface area contributed by atoms with E-state index >= 15 is 0 Å². The maximum atomic E-state index is 9.42. The van der Waals surface area contributed by atoms with Crippen molar-refractivity contribution in [3.05, 3.63) is 22.2 Å². The third-order valence-electron chi connectivity index (χ3n) is 1.55. The molecule has 60 valence electrons. The van der Waals surface area contributed by atoms with Gasteiger partial charge in [0.15, 0.2) is 11.5 Å². The zero-order valence-electron chi connectivity index (χ0n) is 6.39. The van der Waals surface area contributed by atoms with Crippen LogP contribution in [0.25, 0.3) is 0 Å². The first kappa shape index (κ1) is 8.40. The average molecular weight is 217 g/mol. The number of ether oxygens (including phenoxy) is 1. The van der Waals surface area contributed by atoms with Gasteiger partial charge in [-0.2, -0.15) is 0 Å². The molecule has 0 bridgehead atoms. The number of hydrogen-bond acceptors (Lipinski definition) is 2. The monoisotopic (exact) mass is 216 g/mol. The number of rotatable bonds is 1. The van der Waals surface area contributed by atoms with Crippen molar-refractivity contribution in [2.45, 2.75) is 6.92 Å². The summed E-state index contributed by atoms with van der Waals surface area (Å²) in [5.41, 5.74) is 0.796. The third kappa shape index (κ3) is 1.48. The number of aromatic hydroxyl groups is 1. The number of phenolic OH excluding ortho intramolecular Hbond substituents is 1. The minimum atomic E-state index is 0.196. The second-order valence-electron chi connectivity index (χ2n) is 2.22. The second kappa shape index (κ2) is 3.13. The Balaban J connectivity index is 3.25. The number of methoxy groups -OCH3 is 1. The van der Waals surface area contributed by atoms with Crippen molar-refractivity contribution in [3.8, 4) is 11.5 Å². The molecule has 0 aliphatic rings. The molecular weight excluding hydrogens is 208 g/mol. The molecule has 0 spiro atoms. The lowest BCUT2D eigenvalue weighted by Crippen LogP contribution is -1.85. The van der Waals surface area contributed by atoms with Crippen LogP contribution in [0.3, 0.4) is 0 Å². The molecule has 0 fully saturated rings. The van der Waals surface area contributed by atoms with Crippen molar-refractivity contribution in [2.24, 2.45) is 0 Å². The highest BCUT2D eigenvalue weighted by Crippen LogP contribution is 2.33. The highest BCUT2D eigenvalue weighted by Gasteiger charge is 2.06. The summed E-state index contributed by atoms with van der Waals surface area (Å²) in [6.07, 6.45) is 0. The van der Waals surface area contributed by atoms with E-state index in [1.807, 2.05) is 13.0 Å². The van der Waals surface area contributed by atoms with Crippen molar-refractivity contribution in [2.75, 3.05) is 7.11 Å². The SMILES string of the molecule is COc1ccc(Br)c(C)c1O. The first-order chi connectivity index (χ1) is 5.16. The Morgan fingerprint density at radius 2 is 2.09 bits per heavy atom. The van der Waals surface area contributed by atoms with Crippen LogP contribution in [-0.4, -0.2) is 12.2 Å². The topological polar surface area (TPSA) is 29.5 Å². The predicted molar refractivity (Wildman–Crippen MR) is 47.1 cm³/mol. The van der Waals surface area contributed by atoms with E-state index in [2.05, 4.69) is 15.9 Å². The second-order valence-corrected chi connectivity index (χ2v) is 3.08. The highest BCUT2D eigenvalue weighted by atomic mass is 79.9. The van der Waals surface area contributed by atoms with E-state index < -0.39 is 0 Å². The van der Waals surface area contributed by atoms with Crippen LogP contribution in [0.4, 0.5) is 0 Å². The lowest BCUT2D eigenvalue weighted by molar-refractivity contribution is 0.371. The van der Waals surface area contributed by atoms with Crippen LogP contribution in [-0.2, 0) is 0 Å². The summed E-state index contributed by atoms with van der Waals surface area (Å²) in [5.74, 6) is 0.701. The van der Waals surface area contributed by atoms with Crippen molar-refractivity contribution in [1.82, 2.24) is 0 Å². The molecule has 0 saturated heterocycles. The van der Waals surface area contributed by atoms with Gasteiger partial charge in [0.1, 0.15) is 0 Å². The Morgan fingerprint density at radius 1 is 1.45 bits per heavy atom. The summed E-state index contributed by atoms with van der Waals surface area (Å²) in [6.45, 7) is 1.82. The standard InChI is InChI=1S/C8H9BrO2/c1-5-6(9)3-4-7(11-2)8(5)10/h3-4,10H,1-2H3. The van der Waals surface area contributed by atoms with Crippen LogP contribution in [0.1, 0.15) is 5.56 Å². The van der Waals surface area contributed by atoms with Gasteiger partial charge >= 0.3 is 0 Å². The molecule has 0 heterocycles. The molecule has 0 radical (unpaired) electrons. The van der Waals surface area contributed by atoms with E-state index in [-0.39, 0.29) is 5.75 Å². The molecule has 1 rings (SSSR count). The van der Waals surface area contributed by atoms with E-state index in [1.165, 1.54) is 7.11 Å². The molecule has 1 aromatic rings. The molecule has 0 unspecified atom stereocenters. The molecule has 0 aliphatic carbocycles. The summed E-state index contributed by atoms with van der Waals surface area (Å²) in [6, 6.07) is 3.56. The van der Waals surface area contributed by atoms with Gasteiger partial charge in [-0.25, -0.2) is 0 Å². The zero-order chi connectivity index (χ0) is 8.43. The van der Waals surface area contributed by atoms with Crippen LogP contribution in [0.15, 0.2) is 16.6 Å². The van der Waals surface area contributed by atoms with Crippen LogP contribution in [0.2, 0.25) is 0 Å². The maximum absolute atomic E-state index is 9.42. The smallest absolute Gasteiger partial charge is 0.161 e. The molecule has 0 saturated carbocycles. The van der Waals surface area contributed by atoms with Crippen molar-refractivity contribution < 1.29 is 9.84 Å². The molecule has 0 aromatic heterocycles. The summed E-state index contributed by atoms with van der Waals surface area (Å²) in [4.78, 5) is 0. The van der Waals surface area contributed by atoms with Gasteiger partial charge in [0.05, 0.1) is 7.11 Å². The van der Waals surface area contributed by atoms with Crippen LogP contribution >= 0.6 is 15.9 Å². The average Bonchev–Trinajstić information content (AvgIpc) is 2.01. The van der Waals surface area contributed by atoms with E-state index in [0.29, 0.717) is 5.75 Å². The fourth-order valence-corrected chi connectivity index (χ4v) is 1.14. The molecule has 11 heavy (non-hydrogen) atoms. The van der Waals surface area contributed by atoms with E-state index in [4.69, 9.17) is 4.74 Å². The van der Waals surface area contributed by atoms with E-state index in [9.17, 15) is 5.11 Å². The lowest BCUT2D eigenvalue weighted by atomic mass is 10.2. The molecule has 2 nitrogen and oxygen atoms in total. The van der Waals surface area contributed by atoms with Gasteiger partial charge in [-0.15, -0.1) is 0 Å². The Morgan fingerprint density at radius 3 is 2.64 bits per heavy atom. The Bertz CT molecular complexity index is 271. The van der Waals surface area contributed by atoms with Crippen LogP contribution in [0, 0.1) is 6.92 Å². The first-order valence-corrected chi connectivity index (χ1v) is 3.98. The Labute approximate surface area is 73.9 Å². The summed E-state index contributed by atoms with van der Waals surface area (Å²) < 4.78 is 5.79. The van der Waals surface area contributed by atoms with Crippen LogP contribution < -0.4 is 4.74 Å². The van der Waals surface area contributed by atoms with Gasteiger partial charge in [0, 0.05) is 10.0 Å². The fraction of sp³-hybridized carbons (Fsp3) is 0.250. The minimum Gasteiger partial charge on any atom is -0.504 e. The zero-order valence-corrected chi connectivity index (χ0v) is 7.97. The number of phenols is 1. The fourth-order valence-electron chi connectivity index (χ4n) is 0.815. The van der Waals surface area contributed by atoms with Crippen LogP contribution in [0.5, 0.6) is 11.5 Å². The maximum Gasteiger partial charge on any atom is 0.161 e. The van der Waals surface area contributed by atoms with Crippen molar-refractivity contribution in [1.29, 1.82) is 0 Å². The Hall–Kier alpha value is -0.700. The molecule has 1 aromatic carbocycles. The largest absolute Gasteiger partial charge is 0.504 e. The number of benzene rings is 1. The van der Waals surface area contributed by atoms with Gasteiger partial charge in [-0.05, 0) is 19.1 Å². The van der Waals surface area contributed by atoms with Gasteiger partial charge in [-0.1, -0.05) is 15.9 Å². The Kier molecular flexibility index (Phi) is 2.39. The molecular formula is C8H9BrO2. The molecule has 0 amide bonds. The third-order valence-corrected chi connectivity index (χ3v) is 2.41. The number of halogens is 1. The first-order valence-electron chi connectivity index (χ1n) is 3.19. The lowest BCUT2D eigenvalue weighted by Gasteiger charge is -2.06. The van der Waals surface area contributed by atoms with Gasteiger partial charge in [0.25, 0.3) is 0 Å². The summed E-state index contributed by atoms with van der Waals surface area (Å²) in [7, 11) is 1.53. The normalized spacial score (nSPS) is 9.73. The highest BCUT2D eigenvalue weighted by molar-refractivity contribution is 9.10.